The van der Waals surface area contributed by atoms with Gasteiger partial charge >= 0.3 is 0 Å². The summed E-state index contributed by atoms with van der Waals surface area (Å²) in [6, 6.07) is 18.2. The van der Waals surface area contributed by atoms with Crippen molar-refractivity contribution >= 4 is 0 Å². The van der Waals surface area contributed by atoms with Gasteiger partial charge in [0.25, 0.3) is 0 Å². The third-order valence-corrected chi connectivity index (χ3v) is 5.55. The number of piperidine rings is 1. The van der Waals surface area contributed by atoms with Gasteiger partial charge in [-0.1, -0.05) is 42.5 Å². The monoisotopic (exact) mass is 369 g/mol. The SMILES string of the molecule is COc1ccc(CO[C@H]2[C@H](OCc3ccccc3)C[C@H]3CC[C@]2(O)N3)cc1. The fourth-order valence-corrected chi connectivity index (χ4v) is 4.09. The first-order valence-corrected chi connectivity index (χ1v) is 9.56. The quantitative estimate of drug-likeness (QED) is 0.786. The summed E-state index contributed by atoms with van der Waals surface area (Å²) in [6.45, 7) is 0.950. The van der Waals surface area contributed by atoms with E-state index in [1.54, 1.807) is 7.11 Å². The van der Waals surface area contributed by atoms with Crippen molar-refractivity contribution in [3.8, 4) is 5.75 Å². The van der Waals surface area contributed by atoms with Crippen LogP contribution in [0.1, 0.15) is 30.4 Å². The molecule has 0 aliphatic carbocycles. The molecule has 4 rings (SSSR count). The van der Waals surface area contributed by atoms with Crippen molar-refractivity contribution in [2.75, 3.05) is 7.11 Å². The molecule has 0 radical (unpaired) electrons. The van der Waals surface area contributed by atoms with Crippen molar-refractivity contribution in [3.05, 3.63) is 65.7 Å². The molecule has 2 aromatic carbocycles. The van der Waals surface area contributed by atoms with Crippen LogP contribution >= 0.6 is 0 Å². The van der Waals surface area contributed by atoms with Crippen LogP contribution in [0, 0.1) is 0 Å². The Kier molecular flexibility index (Phi) is 5.45. The maximum absolute atomic E-state index is 11.1. The lowest BCUT2D eigenvalue weighted by atomic mass is 9.95. The summed E-state index contributed by atoms with van der Waals surface area (Å²) >= 11 is 0. The minimum Gasteiger partial charge on any atom is -0.497 e. The van der Waals surface area contributed by atoms with Crippen LogP contribution in [-0.2, 0) is 22.7 Å². The molecule has 5 nitrogen and oxygen atoms in total. The van der Waals surface area contributed by atoms with E-state index in [0.29, 0.717) is 19.6 Å². The van der Waals surface area contributed by atoms with E-state index < -0.39 is 11.8 Å². The first-order chi connectivity index (χ1) is 13.2. The lowest BCUT2D eigenvalue weighted by Crippen LogP contribution is -2.63. The highest BCUT2D eigenvalue weighted by Crippen LogP contribution is 2.38. The zero-order chi connectivity index (χ0) is 18.7. The van der Waals surface area contributed by atoms with E-state index in [4.69, 9.17) is 14.2 Å². The molecule has 0 saturated carbocycles. The minimum atomic E-state index is -1.02. The van der Waals surface area contributed by atoms with E-state index in [9.17, 15) is 5.11 Å². The van der Waals surface area contributed by atoms with E-state index in [-0.39, 0.29) is 12.1 Å². The van der Waals surface area contributed by atoms with Gasteiger partial charge in [0.15, 0.2) is 0 Å². The Morgan fingerprint density at radius 2 is 1.70 bits per heavy atom. The predicted octanol–water partition coefficient (Wildman–Crippen LogP) is 3.01. The van der Waals surface area contributed by atoms with Crippen molar-refractivity contribution < 1.29 is 19.3 Å². The Balaban J connectivity index is 1.43. The Morgan fingerprint density at radius 3 is 2.44 bits per heavy atom. The number of rotatable bonds is 7. The minimum absolute atomic E-state index is 0.137. The molecule has 0 amide bonds. The highest BCUT2D eigenvalue weighted by atomic mass is 16.6. The predicted molar refractivity (Wildman–Crippen MR) is 102 cm³/mol. The largest absolute Gasteiger partial charge is 0.497 e. The molecule has 2 aliphatic rings. The fourth-order valence-electron chi connectivity index (χ4n) is 4.09. The number of hydrogen-bond donors (Lipinski definition) is 2. The molecule has 2 aromatic rings. The number of fused-ring (bicyclic) bond motifs is 2. The molecule has 2 aliphatic heterocycles. The van der Waals surface area contributed by atoms with Crippen molar-refractivity contribution in [2.24, 2.45) is 0 Å². The normalized spacial score (nSPS) is 29.6. The summed E-state index contributed by atoms with van der Waals surface area (Å²) in [4.78, 5) is 0. The van der Waals surface area contributed by atoms with Gasteiger partial charge in [0, 0.05) is 6.04 Å². The van der Waals surface area contributed by atoms with Gasteiger partial charge in [0.1, 0.15) is 17.6 Å². The van der Waals surface area contributed by atoms with Crippen molar-refractivity contribution in [2.45, 2.75) is 56.5 Å². The Hall–Kier alpha value is -1.92. The lowest BCUT2D eigenvalue weighted by molar-refractivity contribution is -0.199. The number of benzene rings is 2. The van der Waals surface area contributed by atoms with Gasteiger partial charge < -0.3 is 19.3 Å². The topological polar surface area (TPSA) is 60.0 Å². The van der Waals surface area contributed by atoms with Crippen LogP contribution in [-0.4, -0.2) is 36.2 Å². The van der Waals surface area contributed by atoms with E-state index in [0.717, 1.165) is 29.7 Å². The average Bonchev–Trinajstić information content (AvgIpc) is 3.03. The molecular weight excluding hydrogens is 342 g/mol. The van der Waals surface area contributed by atoms with Gasteiger partial charge in [-0.15, -0.1) is 0 Å². The van der Waals surface area contributed by atoms with Gasteiger partial charge in [-0.2, -0.15) is 0 Å². The maximum atomic E-state index is 11.1. The van der Waals surface area contributed by atoms with Crippen LogP contribution < -0.4 is 10.1 Å². The molecule has 2 heterocycles. The van der Waals surface area contributed by atoms with Crippen LogP contribution in [0.2, 0.25) is 0 Å². The highest BCUT2D eigenvalue weighted by Gasteiger charge is 2.53. The third-order valence-electron chi connectivity index (χ3n) is 5.55. The summed E-state index contributed by atoms with van der Waals surface area (Å²) in [5.41, 5.74) is 1.15. The molecule has 2 N–H and O–H groups in total. The third kappa shape index (κ3) is 4.17. The van der Waals surface area contributed by atoms with Gasteiger partial charge in [-0.05, 0) is 42.5 Å². The zero-order valence-electron chi connectivity index (χ0n) is 15.6. The summed E-state index contributed by atoms with van der Waals surface area (Å²) in [5, 5.41) is 14.4. The Morgan fingerprint density at radius 1 is 1.00 bits per heavy atom. The molecular formula is C22H27NO4. The van der Waals surface area contributed by atoms with Crippen molar-refractivity contribution in [1.29, 1.82) is 0 Å². The van der Waals surface area contributed by atoms with Crippen LogP contribution in [0.5, 0.6) is 5.75 Å². The van der Waals surface area contributed by atoms with Gasteiger partial charge in [0.05, 0.1) is 26.4 Å². The summed E-state index contributed by atoms with van der Waals surface area (Å²) in [7, 11) is 1.65. The molecule has 4 atom stereocenters. The highest BCUT2D eigenvalue weighted by molar-refractivity contribution is 5.26. The molecule has 2 bridgehead atoms. The number of hydrogen-bond acceptors (Lipinski definition) is 5. The number of methoxy groups -OCH3 is 1. The van der Waals surface area contributed by atoms with Crippen LogP contribution in [0.3, 0.4) is 0 Å². The average molecular weight is 369 g/mol. The number of nitrogens with one attached hydrogen (secondary N) is 1. The Bertz CT molecular complexity index is 736. The molecule has 2 fully saturated rings. The van der Waals surface area contributed by atoms with E-state index in [2.05, 4.69) is 17.4 Å². The summed E-state index contributed by atoms with van der Waals surface area (Å²) in [5.74, 6) is 0.819. The number of aliphatic hydroxyl groups is 1. The van der Waals surface area contributed by atoms with Crippen molar-refractivity contribution in [3.63, 3.8) is 0 Å². The maximum Gasteiger partial charge on any atom is 0.145 e. The molecule has 2 saturated heterocycles. The summed E-state index contributed by atoms with van der Waals surface area (Å²) < 4.78 is 17.6. The van der Waals surface area contributed by atoms with Gasteiger partial charge in [-0.25, -0.2) is 0 Å². The second-order valence-corrected chi connectivity index (χ2v) is 7.45. The zero-order valence-corrected chi connectivity index (χ0v) is 15.6. The fraction of sp³-hybridized carbons (Fsp3) is 0.455. The van der Waals surface area contributed by atoms with Crippen LogP contribution in [0.15, 0.2) is 54.6 Å². The molecule has 27 heavy (non-hydrogen) atoms. The second-order valence-electron chi connectivity index (χ2n) is 7.45. The molecule has 0 aromatic heterocycles. The van der Waals surface area contributed by atoms with Crippen LogP contribution in [0.4, 0.5) is 0 Å². The first-order valence-electron chi connectivity index (χ1n) is 9.56. The van der Waals surface area contributed by atoms with Crippen molar-refractivity contribution in [1.82, 2.24) is 5.32 Å². The van der Waals surface area contributed by atoms with E-state index >= 15 is 0 Å². The van der Waals surface area contributed by atoms with Gasteiger partial charge in [0.2, 0.25) is 0 Å². The van der Waals surface area contributed by atoms with Crippen LogP contribution in [0.25, 0.3) is 0 Å². The molecule has 0 spiro atoms. The first kappa shape index (κ1) is 18.4. The van der Waals surface area contributed by atoms with E-state index in [1.165, 1.54) is 0 Å². The molecule has 144 valence electrons. The smallest absolute Gasteiger partial charge is 0.145 e. The molecule has 0 unspecified atom stereocenters. The number of ether oxygens (including phenoxy) is 3. The Labute approximate surface area is 160 Å². The molecule has 5 heteroatoms. The second kappa shape index (κ2) is 7.98. The van der Waals surface area contributed by atoms with Gasteiger partial charge in [-0.3, -0.25) is 5.32 Å². The standard InChI is InChI=1S/C22H27NO4/c1-25-19-9-7-17(8-10-19)15-27-21-20(13-18-11-12-22(21,24)23-18)26-14-16-5-3-2-4-6-16/h2-10,18,20-21,23-24H,11-15H2,1H3/t18-,20-,21+,22-/m1/s1. The lowest BCUT2D eigenvalue weighted by Gasteiger charge is -2.42. The van der Waals surface area contributed by atoms with E-state index in [1.807, 2.05) is 42.5 Å². The summed E-state index contributed by atoms with van der Waals surface area (Å²) in [6.07, 6.45) is 1.95.